The average molecular weight is 586 g/mol. The van der Waals surface area contributed by atoms with Crippen molar-refractivity contribution in [3.63, 3.8) is 0 Å². The molecule has 4 aliphatic rings. The van der Waals surface area contributed by atoms with Gasteiger partial charge in [-0.05, 0) is 51.1 Å². The van der Waals surface area contributed by atoms with Crippen molar-refractivity contribution in [1.82, 2.24) is 4.90 Å². The molecule has 11 nitrogen and oxygen atoms in total. The number of hydrogen-bond donors (Lipinski definition) is 2. The van der Waals surface area contributed by atoms with Gasteiger partial charge in [-0.2, -0.15) is 13.2 Å². The number of aliphatic hydroxyl groups is 1. The van der Waals surface area contributed by atoms with Crippen molar-refractivity contribution in [3.8, 4) is 11.5 Å². The molecule has 14 heteroatoms. The van der Waals surface area contributed by atoms with E-state index in [1.807, 2.05) is 19.2 Å². The molecule has 5 rings (SSSR count). The van der Waals surface area contributed by atoms with Gasteiger partial charge in [-0.25, -0.2) is 4.79 Å². The molecule has 5 atom stereocenters. The molecule has 1 saturated heterocycles. The van der Waals surface area contributed by atoms with Crippen molar-refractivity contribution in [2.24, 2.45) is 0 Å². The summed E-state index contributed by atoms with van der Waals surface area (Å²) in [5.74, 6) is -1.28. The minimum Gasteiger partial charge on any atom is -0.493 e. The minimum absolute atomic E-state index is 0.117. The summed E-state index contributed by atoms with van der Waals surface area (Å²) in [7, 11) is 3.58. The Labute approximate surface area is 232 Å². The van der Waals surface area contributed by atoms with Crippen LogP contribution in [0, 0.1) is 0 Å². The Morgan fingerprint density at radius 3 is 2.51 bits per heavy atom. The van der Waals surface area contributed by atoms with Crippen molar-refractivity contribution in [1.29, 1.82) is 0 Å². The van der Waals surface area contributed by atoms with Gasteiger partial charge in [-0.15, -0.1) is 0 Å². The molecule has 0 saturated carbocycles. The van der Waals surface area contributed by atoms with Gasteiger partial charge in [-0.3, -0.25) is 14.4 Å². The maximum atomic E-state index is 12.6. The SMILES string of the molecule is COc1ccc2c3c1O[C@H]1C(OC(=O)CCC(=O)O[C@@H](C)C(=O)O)=CC[C@@]4(O)[C@@H](C2)N(C)CC[C@]314.O=CC(F)(F)F. The molecular formula is C27H30F3NO10. The molecule has 1 fully saturated rings. The molecule has 2 aliphatic carbocycles. The number of carboxylic acid groups (broad SMARTS) is 1. The second kappa shape index (κ2) is 11.0. The van der Waals surface area contributed by atoms with Gasteiger partial charge in [0.2, 0.25) is 6.29 Å². The van der Waals surface area contributed by atoms with Crippen molar-refractivity contribution >= 4 is 24.2 Å². The van der Waals surface area contributed by atoms with Gasteiger partial charge < -0.3 is 34.1 Å². The van der Waals surface area contributed by atoms with Gasteiger partial charge in [0.15, 0.2) is 23.7 Å². The largest absolute Gasteiger partial charge is 0.493 e. The van der Waals surface area contributed by atoms with E-state index in [1.54, 1.807) is 13.2 Å². The van der Waals surface area contributed by atoms with Crippen molar-refractivity contribution in [3.05, 3.63) is 35.1 Å². The third-order valence-corrected chi connectivity index (χ3v) is 8.11. The monoisotopic (exact) mass is 585 g/mol. The van der Waals surface area contributed by atoms with Crippen LogP contribution in [0.3, 0.4) is 0 Å². The molecule has 2 aliphatic heterocycles. The Balaban J connectivity index is 0.000000585. The predicted octanol–water partition coefficient (Wildman–Crippen LogP) is 2.06. The standard InChI is InChI=1S/C25H29NO9.C2HF3O/c1-13(23(29)30)33-18(27)6-7-19(28)34-16-8-9-25(31)17-12-14-4-5-15(32-3)21-20(14)24(25,22(16)35-21)10-11-26(17)2;3-2(4,5)1-6/h4-5,8,13,17,22,31H,6-7,9-12H2,1-3H3,(H,29,30);1H/t13-,17+,22-,24-,25+;/m0./s1. The number of ether oxygens (including phenoxy) is 4. The van der Waals surface area contributed by atoms with Crippen LogP contribution in [0.5, 0.6) is 11.5 Å². The number of carbonyl (C=O) groups is 4. The fourth-order valence-corrected chi connectivity index (χ4v) is 6.28. The number of rotatable bonds is 7. The number of carboxylic acids is 1. The smallest absolute Gasteiger partial charge is 0.446 e. The normalized spacial score (nSPS) is 28.0. The lowest BCUT2D eigenvalue weighted by atomic mass is 9.50. The summed E-state index contributed by atoms with van der Waals surface area (Å²) in [5, 5.41) is 21.0. The summed E-state index contributed by atoms with van der Waals surface area (Å²) in [6.07, 6.45) is -5.01. The highest BCUT2D eigenvalue weighted by Gasteiger charge is 2.72. The van der Waals surface area contributed by atoms with E-state index in [2.05, 4.69) is 4.90 Å². The van der Waals surface area contributed by atoms with Gasteiger partial charge in [0.25, 0.3) is 0 Å². The Kier molecular flexibility index (Phi) is 8.11. The fraction of sp³-hybridized carbons (Fsp3) is 0.556. The first-order chi connectivity index (χ1) is 19.2. The number of aliphatic carboxylic acids is 1. The molecule has 2 N–H and O–H groups in total. The van der Waals surface area contributed by atoms with E-state index in [-0.39, 0.29) is 18.9 Å². The molecule has 0 amide bonds. The molecule has 0 radical (unpaired) electrons. The van der Waals surface area contributed by atoms with Gasteiger partial charge >= 0.3 is 24.1 Å². The lowest BCUT2D eigenvalue weighted by molar-refractivity contribution is -0.170. The van der Waals surface area contributed by atoms with Crippen molar-refractivity contribution in [2.75, 3.05) is 20.7 Å². The molecule has 0 unspecified atom stereocenters. The lowest BCUT2D eigenvalue weighted by Gasteiger charge is -2.61. The van der Waals surface area contributed by atoms with E-state index in [9.17, 15) is 32.7 Å². The molecular weight excluding hydrogens is 555 g/mol. The van der Waals surface area contributed by atoms with Gasteiger partial charge in [0.1, 0.15) is 5.76 Å². The Bertz CT molecular complexity index is 1280. The zero-order chi connectivity index (χ0) is 30.3. The fourth-order valence-electron chi connectivity index (χ4n) is 6.28. The van der Waals surface area contributed by atoms with Crippen molar-refractivity contribution in [2.45, 2.75) is 74.5 Å². The number of methoxy groups -OCH3 is 1. The molecule has 1 aromatic rings. The number of nitrogens with zero attached hydrogens (tertiary/aromatic N) is 1. The van der Waals surface area contributed by atoms with E-state index < -0.39 is 53.6 Å². The van der Waals surface area contributed by atoms with Gasteiger partial charge in [0.05, 0.1) is 31.0 Å². The number of hydrogen-bond acceptors (Lipinski definition) is 10. The molecule has 0 aromatic heterocycles. The zero-order valence-corrected chi connectivity index (χ0v) is 22.5. The summed E-state index contributed by atoms with van der Waals surface area (Å²) >= 11 is 0. The van der Waals surface area contributed by atoms with Crippen LogP contribution in [0.1, 0.15) is 43.7 Å². The molecule has 2 bridgehead atoms. The first kappa shape index (κ1) is 30.3. The Hall–Kier alpha value is -3.65. The van der Waals surface area contributed by atoms with Crippen LogP contribution in [0.25, 0.3) is 0 Å². The minimum atomic E-state index is -4.64. The van der Waals surface area contributed by atoms with Crippen molar-refractivity contribution < 1.29 is 61.5 Å². The summed E-state index contributed by atoms with van der Waals surface area (Å²) in [5.41, 5.74) is 0.123. The highest BCUT2D eigenvalue weighted by Crippen LogP contribution is 2.65. The second-order valence-electron chi connectivity index (χ2n) is 10.4. The van der Waals surface area contributed by atoms with Crippen LogP contribution in [0.2, 0.25) is 0 Å². The number of likely N-dealkylation sites (N-methyl/N-ethyl adjacent to an activating group) is 1. The highest BCUT2D eigenvalue weighted by atomic mass is 19.4. The zero-order valence-electron chi connectivity index (χ0n) is 22.5. The molecule has 2 heterocycles. The van der Waals surface area contributed by atoms with E-state index in [0.717, 1.165) is 17.7 Å². The Morgan fingerprint density at radius 2 is 1.90 bits per heavy atom. The predicted molar refractivity (Wildman–Crippen MR) is 132 cm³/mol. The average Bonchev–Trinajstić information content (AvgIpc) is 3.27. The number of piperidine rings is 1. The first-order valence-corrected chi connectivity index (χ1v) is 12.8. The van der Waals surface area contributed by atoms with E-state index in [4.69, 9.17) is 28.8 Å². The van der Waals surface area contributed by atoms with Crippen LogP contribution in [-0.4, -0.2) is 90.0 Å². The van der Waals surface area contributed by atoms with Crippen LogP contribution >= 0.6 is 0 Å². The van der Waals surface area contributed by atoms with E-state index in [0.29, 0.717) is 36.5 Å². The third kappa shape index (κ3) is 5.25. The quantitative estimate of drug-likeness (QED) is 0.358. The van der Waals surface area contributed by atoms with Crippen LogP contribution in [-0.2, 0) is 40.5 Å². The lowest BCUT2D eigenvalue weighted by Crippen LogP contribution is -2.74. The van der Waals surface area contributed by atoms with E-state index in [1.165, 1.54) is 6.92 Å². The maximum Gasteiger partial charge on any atom is 0.446 e. The highest BCUT2D eigenvalue weighted by molar-refractivity contribution is 5.81. The van der Waals surface area contributed by atoms with Crippen LogP contribution in [0.15, 0.2) is 24.0 Å². The van der Waals surface area contributed by atoms with Crippen LogP contribution < -0.4 is 9.47 Å². The number of benzene rings is 1. The second-order valence-corrected chi connectivity index (χ2v) is 10.4. The number of alkyl halides is 3. The molecule has 41 heavy (non-hydrogen) atoms. The van der Waals surface area contributed by atoms with Gasteiger partial charge in [-0.1, -0.05) is 6.07 Å². The first-order valence-electron chi connectivity index (χ1n) is 12.8. The topological polar surface area (TPSA) is 149 Å². The summed E-state index contributed by atoms with van der Waals surface area (Å²) in [4.78, 5) is 46.3. The number of aldehydes is 1. The number of esters is 2. The summed E-state index contributed by atoms with van der Waals surface area (Å²) in [6.45, 7) is 1.99. The molecule has 224 valence electrons. The van der Waals surface area contributed by atoms with Crippen LogP contribution in [0.4, 0.5) is 13.2 Å². The molecule has 1 aromatic carbocycles. The number of halogens is 3. The Morgan fingerprint density at radius 1 is 1.24 bits per heavy atom. The number of likely N-dealkylation sites (tertiary alicyclic amines) is 1. The number of carbonyl (C=O) groups excluding carboxylic acids is 3. The van der Waals surface area contributed by atoms with Gasteiger partial charge in [0, 0.05) is 18.0 Å². The summed E-state index contributed by atoms with van der Waals surface area (Å²) < 4.78 is 53.7. The molecule has 1 spiro atoms. The van der Waals surface area contributed by atoms with E-state index >= 15 is 0 Å². The third-order valence-electron chi connectivity index (χ3n) is 8.11. The summed E-state index contributed by atoms with van der Waals surface area (Å²) in [6, 6.07) is 3.76. The maximum absolute atomic E-state index is 12.6.